The Balaban J connectivity index is 1.92. The van der Waals surface area contributed by atoms with E-state index in [1.165, 1.54) is 18.2 Å². The molecular formula is C12H15ClN2O3. The zero-order chi connectivity index (χ0) is 13.0. The first-order chi connectivity index (χ1) is 8.66. The summed E-state index contributed by atoms with van der Waals surface area (Å²) < 4.78 is 5.46. The van der Waals surface area contributed by atoms with Crippen LogP contribution in [0.2, 0.25) is 5.02 Å². The van der Waals surface area contributed by atoms with Crippen molar-refractivity contribution in [2.75, 3.05) is 26.2 Å². The first-order valence-electron chi connectivity index (χ1n) is 5.76. The van der Waals surface area contributed by atoms with Crippen molar-refractivity contribution in [3.63, 3.8) is 0 Å². The molecular weight excluding hydrogens is 256 g/mol. The fraction of sp³-hybridized carbons (Fsp3) is 0.417. The molecule has 98 valence electrons. The molecule has 0 aromatic heterocycles. The van der Waals surface area contributed by atoms with Crippen LogP contribution in [0.5, 0.6) is 5.75 Å². The van der Waals surface area contributed by atoms with Gasteiger partial charge in [-0.3, -0.25) is 4.79 Å². The smallest absolute Gasteiger partial charge is 0.253 e. The zero-order valence-corrected chi connectivity index (χ0v) is 10.5. The van der Waals surface area contributed by atoms with E-state index in [2.05, 4.69) is 10.6 Å². The monoisotopic (exact) mass is 270 g/mol. The maximum Gasteiger partial charge on any atom is 0.253 e. The summed E-state index contributed by atoms with van der Waals surface area (Å²) in [5.74, 6) is -0.301. The molecule has 1 aliphatic heterocycles. The van der Waals surface area contributed by atoms with Gasteiger partial charge in [0.2, 0.25) is 0 Å². The molecule has 1 saturated heterocycles. The standard InChI is InChI=1S/C12H15ClN2O3/c13-11-2-1-8(16)5-10(11)12(17)15-7-9-6-14-3-4-18-9/h1-2,5,9,14,16H,3-4,6-7H2,(H,15,17). The van der Waals surface area contributed by atoms with Gasteiger partial charge in [0.25, 0.3) is 5.91 Å². The van der Waals surface area contributed by atoms with Crippen molar-refractivity contribution in [3.8, 4) is 5.75 Å². The Hall–Kier alpha value is -1.30. The lowest BCUT2D eigenvalue weighted by atomic mass is 10.2. The van der Waals surface area contributed by atoms with Crippen LogP contribution in [-0.4, -0.2) is 43.4 Å². The van der Waals surface area contributed by atoms with Crippen LogP contribution < -0.4 is 10.6 Å². The molecule has 6 heteroatoms. The normalized spacial score (nSPS) is 19.5. The number of rotatable bonds is 3. The van der Waals surface area contributed by atoms with Gasteiger partial charge in [-0.05, 0) is 18.2 Å². The van der Waals surface area contributed by atoms with Crippen LogP contribution in [0, 0.1) is 0 Å². The number of phenolic OH excluding ortho intramolecular Hbond substituents is 1. The van der Waals surface area contributed by atoms with Crippen molar-refractivity contribution >= 4 is 17.5 Å². The van der Waals surface area contributed by atoms with E-state index in [4.69, 9.17) is 16.3 Å². The number of hydrogen-bond acceptors (Lipinski definition) is 4. The second-order valence-electron chi connectivity index (χ2n) is 4.07. The Morgan fingerprint density at radius 1 is 1.61 bits per heavy atom. The van der Waals surface area contributed by atoms with E-state index < -0.39 is 0 Å². The number of nitrogens with one attached hydrogen (secondary N) is 2. The molecule has 1 aliphatic rings. The summed E-state index contributed by atoms with van der Waals surface area (Å²) in [7, 11) is 0. The van der Waals surface area contributed by atoms with Gasteiger partial charge < -0.3 is 20.5 Å². The van der Waals surface area contributed by atoms with Crippen molar-refractivity contribution in [1.29, 1.82) is 0 Å². The van der Waals surface area contributed by atoms with E-state index in [0.717, 1.165) is 6.54 Å². The molecule has 0 radical (unpaired) electrons. The molecule has 1 unspecified atom stereocenters. The highest BCUT2D eigenvalue weighted by Gasteiger charge is 2.16. The molecule has 5 nitrogen and oxygen atoms in total. The minimum Gasteiger partial charge on any atom is -0.508 e. The average Bonchev–Trinajstić information content (AvgIpc) is 2.40. The van der Waals surface area contributed by atoms with E-state index in [-0.39, 0.29) is 23.3 Å². The third-order valence-corrected chi connectivity index (χ3v) is 3.02. The number of carbonyl (C=O) groups is 1. The lowest BCUT2D eigenvalue weighted by Crippen LogP contribution is -2.45. The summed E-state index contributed by atoms with van der Waals surface area (Å²) in [5.41, 5.74) is 0.264. The Morgan fingerprint density at radius 3 is 3.17 bits per heavy atom. The van der Waals surface area contributed by atoms with Gasteiger partial charge in [0.15, 0.2) is 0 Å². The van der Waals surface area contributed by atoms with Crippen LogP contribution in [0.4, 0.5) is 0 Å². The summed E-state index contributed by atoms with van der Waals surface area (Å²) in [5, 5.41) is 15.6. The molecule has 3 N–H and O–H groups in total. The van der Waals surface area contributed by atoms with Crippen LogP contribution in [0.3, 0.4) is 0 Å². The Bertz CT molecular complexity index is 433. The fourth-order valence-corrected chi connectivity index (χ4v) is 1.94. The molecule has 1 fully saturated rings. The zero-order valence-electron chi connectivity index (χ0n) is 9.78. The number of hydrogen-bond donors (Lipinski definition) is 3. The molecule has 1 heterocycles. The van der Waals surface area contributed by atoms with E-state index >= 15 is 0 Å². The SMILES string of the molecule is O=C(NCC1CNCCO1)c1cc(O)ccc1Cl. The summed E-state index contributed by atoms with van der Waals surface area (Å²) in [4.78, 5) is 11.9. The number of morpholine rings is 1. The first kappa shape index (κ1) is 13.1. The van der Waals surface area contributed by atoms with Crippen LogP contribution in [0.25, 0.3) is 0 Å². The van der Waals surface area contributed by atoms with E-state index in [1.54, 1.807) is 0 Å². The molecule has 18 heavy (non-hydrogen) atoms. The third kappa shape index (κ3) is 3.35. The maximum absolute atomic E-state index is 11.9. The molecule has 1 aromatic carbocycles. The Kier molecular flexibility index (Phi) is 4.41. The van der Waals surface area contributed by atoms with Crippen molar-refractivity contribution in [3.05, 3.63) is 28.8 Å². The molecule has 1 atom stereocenters. The van der Waals surface area contributed by atoms with Crippen LogP contribution in [0.15, 0.2) is 18.2 Å². The van der Waals surface area contributed by atoms with Crippen molar-refractivity contribution in [2.45, 2.75) is 6.10 Å². The van der Waals surface area contributed by atoms with Crippen molar-refractivity contribution in [1.82, 2.24) is 10.6 Å². The van der Waals surface area contributed by atoms with Gasteiger partial charge in [0.05, 0.1) is 23.3 Å². The van der Waals surface area contributed by atoms with Crippen molar-refractivity contribution < 1.29 is 14.6 Å². The van der Waals surface area contributed by atoms with Gasteiger partial charge in [0.1, 0.15) is 5.75 Å². The second-order valence-corrected chi connectivity index (χ2v) is 4.48. The largest absolute Gasteiger partial charge is 0.508 e. The molecule has 1 amide bonds. The number of carbonyl (C=O) groups excluding carboxylic acids is 1. The summed E-state index contributed by atoms with van der Waals surface area (Å²) in [6.45, 7) is 2.61. The predicted octanol–water partition coefficient (Wildman–Crippen LogP) is 0.764. The van der Waals surface area contributed by atoms with Gasteiger partial charge in [-0.2, -0.15) is 0 Å². The minimum absolute atomic E-state index is 0.0140. The average molecular weight is 271 g/mol. The van der Waals surface area contributed by atoms with E-state index in [9.17, 15) is 9.90 Å². The van der Waals surface area contributed by atoms with E-state index in [0.29, 0.717) is 24.7 Å². The highest BCUT2D eigenvalue weighted by molar-refractivity contribution is 6.33. The van der Waals surface area contributed by atoms with Crippen LogP contribution in [0.1, 0.15) is 10.4 Å². The lowest BCUT2D eigenvalue weighted by Gasteiger charge is -2.23. The topological polar surface area (TPSA) is 70.6 Å². The maximum atomic E-state index is 11.9. The molecule has 0 aliphatic carbocycles. The number of phenols is 1. The van der Waals surface area contributed by atoms with Gasteiger partial charge >= 0.3 is 0 Å². The predicted molar refractivity (Wildman–Crippen MR) is 68.1 cm³/mol. The number of amides is 1. The Labute approximate surface area is 110 Å². The molecule has 0 spiro atoms. The number of halogens is 1. The highest BCUT2D eigenvalue weighted by Crippen LogP contribution is 2.20. The van der Waals surface area contributed by atoms with Crippen LogP contribution >= 0.6 is 11.6 Å². The summed E-state index contributed by atoms with van der Waals surface area (Å²) >= 11 is 5.90. The quantitative estimate of drug-likeness (QED) is 0.759. The molecule has 0 bridgehead atoms. The first-order valence-corrected chi connectivity index (χ1v) is 6.13. The minimum atomic E-state index is -0.315. The number of aromatic hydroxyl groups is 1. The van der Waals surface area contributed by atoms with Gasteiger partial charge in [0, 0.05) is 19.6 Å². The molecule has 2 rings (SSSR count). The lowest BCUT2D eigenvalue weighted by molar-refractivity contribution is 0.0287. The molecule has 0 saturated carbocycles. The van der Waals surface area contributed by atoms with E-state index in [1.807, 2.05) is 0 Å². The second kappa shape index (κ2) is 6.04. The summed E-state index contributed by atoms with van der Waals surface area (Å²) in [6, 6.07) is 4.27. The van der Waals surface area contributed by atoms with Gasteiger partial charge in [-0.15, -0.1) is 0 Å². The van der Waals surface area contributed by atoms with Gasteiger partial charge in [-0.1, -0.05) is 11.6 Å². The highest BCUT2D eigenvalue weighted by atomic mass is 35.5. The molecule has 1 aromatic rings. The Morgan fingerprint density at radius 2 is 2.44 bits per heavy atom. The number of ether oxygens (including phenoxy) is 1. The number of benzene rings is 1. The van der Waals surface area contributed by atoms with Crippen LogP contribution in [-0.2, 0) is 4.74 Å². The fourth-order valence-electron chi connectivity index (χ4n) is 1.74. The van der Waals surface area contributed by atoms with Crippen molar-refractivity contribution in [2.24, 2.45) is 0 Å². The summed E-state index contributed by atoms with van der Waals surface area (Å²) in [6.07, 6.45) is -0.0289. The third-order valence-electron chi connectivity index (χ3n) is 2.69. The van der Waals surface area contributed by atoms with Gasteiger partial charge in [-0.25, -0.2) is 0 Å².